The molecule has 1 aromatic carbocycles. The molecular formula is C23H27N4O2S+. The molecule has 0 spiro atoms. The fourth-order valence-corrected chi connectivity index (χ4v) is 5.66. The number of benzene rings is 1. The quantitative estimate of drug-likeness (QED) is 0.690. The van der Waals surface area contributed by atoms with Gasteiger partial charge in [0.15, 0.2) is 6.54 Å². The van der Waals surface area contributed by atoms with Crippen LogP contribution in [0.15, 0.2) is 30.3 Å². The second-order valence-electron chi connectivity index (χ2n) is 8.13. The maximum atomic E-state index is 12.6. The van der Waals surface area contributed by atoms with E-state index in [1.165, 1.54) is 9.78 Å². The lowest BCUT2D eigenvalue weighted by atomic mass is 9.95. The number of thiophene rings is 1. The number of carbonyl (C=O) groups excluding carboxylic acids is 2. The molecule has 1 aliphatic heterocycles. The Hall–Kier alpha value is -2.69. The van der Waals surface area contributed by atoms with Gasteiger partial charge in [0.05, 0.1) is 18.7 Å². The summed E-state index contributed by atoms with van der Waals surface area (Å²) in [5.41, 5.74) is 2.62. The normalized spacial score (nSPS) is 20.6. The summed E-state index contributed by atoms with van der Waals surface area (Å²) >= 11 is 1.57. The van der Waals surface area contributed by atoms with Gasteiger partial charge >= 0.3 is 0 Å². The molecule has 0 radical (unpaired) electrons. The van der Waals surface area contributed by atoms with E-state index in [2.05, 4.69) is 16.7 Å². The van der Waals surface area contributed by atoms with E-state index in [1.54, 1.807) is 11.3 Å². The highest BCUT2D eigenvalue weighted by Gasteiger charge is 2.29. The summed E-state index contributed by atoms with van der Waals surface area (Å²) in [6.45, 7) is 1.97. The van der Waals surface area contributed by atoms with Gasteiger partial charge in [0.2, 0.25) is 5.91 Å². The molecule has 0 unspecified atom stereocenters. The average molecular weight is 424 g/mol. The number of piperidine rings is 1. The van der Waals surface area contributed by atoms with E-state index in [0.717, 1.165) is 62.9 Å². The first-order valence-corrected chi connectivity index (χ1v) is 11.5. The van der Waals surface area contributed by atoms with Crippen molar-refractivity contribution in [1.82, 2.24) is 0 Å². The number of nitrogens with one attached hydrogen (secondary N) is 3. The Morgan fingerprint density at radius 2 is 1.83 bits per heavy atom. The first kappa shape index (κ1) is 20.6. The Labute approximate surface area is 180 Å². The summed E-state index contributed by atoms with van der Waals surface area (Å²) in [4.78, 5) is 27.5. The van der Waals surface area contributed by atoms with Gasteiger partial charge in [-0.2, -0.15) is 5.26 Å². The number of hydrogen-bond donors (Lipinski definition) is 3. The molecule has 2 amide bonds. The van der Waals surface area contributed by atoms with E-state index in [0.29, 0.717) is 17.1 Å². The lowest BCUT2D eigenvalue weighted by Crippen LogP contribution is -3.14. The molecule has 2 aliphatic rings. The summed E-state index contributed by atoms with van der Waals surface area (Å²) in [7, 11) is 0. The van der Waals surface area contributed by atoms with Crippen LogP contribution in [-0.2, 0) is 22.4 Å². The highest BCUT2D eigenvalue weighted by atomic mass is 32.1. The van der Waals surface area contributed by atoms with Gasteiger partial charge in [-0.1, -0.05) is 18.2 Å². The molecule has 1 aromatic heterocycles. The number of quaternary nitrogens is 1. The minimum absolute atomic E-state index is 0.00812. The van der Waals surface area contributed by atoms with Crippen LogP contribution in [0.25, 0.3) is 0 Å². The van der Waals surface area contributed by atoms with Crippen LogP contribution in [0.1, 0.15) is 41.7 Å². The van der Waals surface area contributed by atoms with Crippen LogP contribution in [0, 0.1) is 17.2 Å². The summed E-state index contributed by atoms with van der Waals surface area (Å²) in [5.74, 6) is 0.00560. The van der Waals surface area contributed by atoms with Gasteiger partial charge in [0, 0.05) is 29.3 Å². The molecule has 30 heavy (non-hydrogen) atoms. The zero-order valence-electron chi connectivity index (χ0n) is 17.0. The monoisotopic (exact) mass is 423 g/mol. The van der Waals surface area contributed by atoms with Crippen LogP contribution in [0.4, 0.5) is 10.7 Å². The van der Waals surface area contributed by atoms with Gasteiger partial charge < -0.3 is 15.5 Å². The SMILES string of the molecule is N#Cc1c(NC(=O)C[NH+]2CCC(C(=O)Nc3ccccc3)CC2)sc2c1CCCC2. The van der Waals surface area contributed by atoms with E-state index in [4.69, 9.17) is 0 Å². The van der Waals surface area contributed by atoms with E-state index in [1.807, 2.05) is 30.3 Å². The van der Waals surface area contributed by atoms with Crippen molar-refractivity contribution in [3.63, 3.8) is 0 Å². The van der Waals surface area contributed by atoms with E-state index < -0.39 is 0 Å². The molecule has 2 aromatic rings. The number of rotatable bonds is 5. The average Bonchev–Trinajstić information content (AvgIpc) is 3.11. The van der Waals surface area contributed by atoms with Gasteiger partial charge in [-0.05, 0) is 43.4 Å². The number of fused-ring (bicyclic) bond motifs is 1. The highest BCUT2D eigenvalue weighted by Crippen LogP contribution is 2.37. The topological polar surface area (TPSA) is 86.4 Å². The van der Waals surface area contributed by atoms with Crippen LogP contribution in [0.3, 0.4) is 0 Å². The molecule has 3 N–H and O–H groups in total. The van der Waals surface area contributed by atoms with E-state index in [9.17, 15) is 14.9 Å². The summed E-state index contributed by atoms with van der Waals surface area (Å²) in [6, 6.07) is 11.8. The number of aryl methyl sites for hydroxylation is 1. The fraction of sp³-hybridized carbons (Fsp3) is 0.435. The standard InChI is InChI=1S/C23H26N4O2S/c24-14-19-18-8-4-5-9-20(18)30-23(19)26-21(28)15-27-12-10-16(11-13-27)22(29)25-17-6-2-1-3-7-17/h1-3,6-7,16H,4-5,8-13,15H2,(H,25,29)(H,26,28)/p+1. The molecule has 1 fully saturated rings. The van der Waals surface area contributed by atoms with Crippen molar-refractivity contribution in [2.75, 3.05) is 30.3 Å². The Bertz CT molecular complexity index is 956. The largest absolute Gasteiger partial charge is 0.327 e. The van der Waals surface area contributed by atoms with Gasteiger partial charge in [-0.3, -0.25) is 9.59 Å². The second kappa shape index (κ2) is 9.41. The molecule has 2 heterocycles. The van der Waals surface area contributed by atoms with Crippen LogP contribution < -0.4 is 15.5 Å². The molecule has 0 saturated carbocycles. The van der Waals surface area contributed by atoms with Crippen LogP contribution >= 0.6 is 11.3 Å². The summed E-state index contributed by atoms with van der Waals surface area (Å²) in [5, 5.41) is 16.2. The van der Waals surface area contributed by atoms with Crippen molar-refractivity contribution in [1.29, 1.82) is 5.26 Å². The lowest BCUT2D eigenvalue weighted by Gasteiger charge is -2.28. The minimum atomic E-state index is -0.0488. The van der Waals surface area contributed by atoms with Gasteiger partial charge in [0.1, 0.15) is 11.1 Å². The summed E-state index contributed by atoms with van der Waals surface area (Å²) in [6.07, 6.45) is 5.77. The molecule has 1 saturated heterocycles. The highest BCUT2D eigenvalue weighted by molar-refractivity contribution is 7.16. The Morgan fingerprint density at radius 3 is 2.57 bits per heavy atom. The number of para-hydroxylation sites is 1. The zero-order valence-corrected chi connectivity index (χ0v) is 17.8. The number of nitriles is 1. The maximum absolute atomic E-state index is 12.6. The van der Waals surface area contributed by atoms with Crippen molar-refractivity contribution in [2.24, 2.45) is 5.92 Å². The zero-order chi connectivity index (χ0) is 20.9. The predicted molar refractivity (Wildman–Crippen MR) is 118 cm³/mol. The molecular weight excluding hydrogens is 396 g/mol. The van der Waals surface area contributed by atoms with Gasteiger partial charge in [-0.25, -0.2) is 0 Å². The van der Waals surface area contributed by atoms with Crippen molar-refractivity contribution < 1.29 is 14.5 Å². The number of nitrogens with zero attached hydrogens (tertiary/aromatic N) is 1. The van der Waals surface area contributed by atoms with Crippen molar-refractivity contribution in [3.05, 3.63) is 46.3 Å². The molecule has 156 valence electrons. The van der Waals surface area contributed by atoms with Crippen molar-refractivity contribution in [2.45, 2.75) is 38.5 Å². The van der Waals surface area contributed by atoms with Crippen molar-refractivity contribution >= 4 is 33.8 Å². The third-order valence-corrected chi connectivity index (χ3v) is 7.26. The van der Waals surface area contributed by atoms with Crippen LogP contribution in [-0.4, -0.2) is 31.4 Å². The first-order chi connectivity index (χ1) is 14.6. The van der Waals surface area contributed by atoms with Crippen LogP contribution in [0.5, 0.6) is 0 Å². The van der Waals surface area contributed by atoms with Crippen LogP contribution in [0.2, 0.25) is 0 Å². The number of likely N-dealkylation sites (tertiary alicyclic amines) is 1. The number of anilines is 2. The second-order valence-corrected chi connectivity index (χ2v) is 9.24. The Kier molecular flexibility index (Phi) is 6.46. The Morgan fingerprint density at radius 1 is 1.10 bits per heavy atom. The predicted octanol–water partition coefficient (Wildman–Crippen LogP) is 2.37. The van der Waals surface area contributed by atoms with Crippen molar-refractivity contribution in [3.8, 4) is 6.07 Å². The molecule has 0 bridgehead atoms. The number of amides is 2. The number of carbonyl (C=O) groups is 2. The van der Waals surface area contributed by atoms with Gasteiger partial charge in [0.25, 0.3) is 5.91 Å². The molecule has 6 nitrogen and oxygen atoms in total. The number of hydrogen-bond acceptors (Lipinski definition) is 4. The molecule has 4 rings (SSSR count). The summed E-state index contributed by atoms with van der Waals surface area (Å²) < 4.78 is 0. The molecule has 0 atom stereocenters. The van der Waals surface area contributed by atoms with E-state index in [-0.39, 0.29) is 17.7 Å². The first-order valence-electron chi connectivity index (χ1n) is 10.7. The third kappa shape index (κ3) is 4.72. The smallest absolute Gasteiger partial charge is 0.280 e. The fourth-order valence-electron chi connectivity index (χ4n) is 4.40. The molecule has 7 heteroatoms. The van der Waals surface area contributed by atoms with Gasteiger partial charge in [-0.15, -0.1) is 11.3 Å². The van der Waals surface area contributed by atoms with E-state index >= 15 is 0 Å². The maximum Gasteiger partial charge on any atom is 0.280 e. The third-order valence-electron chi connectivity index (χ3n) is 6.05. The lowest BCUT2D eigenvalue weighted by molar-refractivity contribution is -0.897. The Balaban J connectivity index is 1.27. The minimum Gasteiger partial charge on any atom is -0.327 e. The molecule has 1 aliphatic carbocycles.